The molecule has 2 atom stereocenters. The van der Waals surface area contributed by atoms with Crippen LogP contribution in [0, 0.1) is 17.7 Å². The topological polar surface area (TPSA) is 99.5 Å². The number of rotatable bonds is 6. The van der Waals surface area contributed by atoms with Crippen molar-refractivity contribution in [1.29, 1.82) is 0 Å². The lowest BCUT2D eigenvalue weighted by Crippen LogP contribution is -2.64. The molecule has 5 rings (SSSR count). The van der Waals surface area contributed by atoms with Gasteiger partial charge in [0.05, 0.1) is 23.1 Å². The van der Waals surface area contributed by atoms with E-state index < -0.39 is 29.2 Å². The van der Waals surface area contributed by atoms with Crippen molar-refractivity contribution in [2.45, 2.75) is 49.2 Å². The summed E-state index contributed by atoms with van der Waals surface area (Å²) in [4.78, 5) is 31.8. The molecule has 8 nitrogen and oxygen atoms in total. The molecule has 2 saturated carbocycles. The van der Waals surface area contributed by atoms with E-state index in [1.54, 1.807) is 11.6 Å². The first kappa shape index (κ1) is 26.0. The predicted octanol–water partition coefficient (Wildman–Crippen LogP) is 3.17. The highest BCUT2D eigenvalue weighted by Gasteiger charge is 2.64. The van der Waals surface area contributed by atoms with Gasteiger partial charge in [-0.15, -0.1) is 0 Å². The van der Waals surface area contributed by atoms with Gasteiger partial charge in [0.1, 0.15) is 17.1 Å². The number of fused-ring (bicyclic) bond motifs is 1. The minimum atomic E-state index is -3.90. The third kappa shape index (κ3) is 4.61. The Morgan fingerprint density at radius 2 is 1.84 bits per heavy atom. The number of likely N-dealkylation sites (tertiary alicyclic amines) is 1. The number of amides is 2. The molecule has 2 aliphatic carbocycles. The van der Waals surface area contributed by atoms with E-state index in [1.807, 2.05) is 11.9 Å². The SMILES string of the molecule is CN1CC(NC(=O)C(F)(F)C2(O)CC3CC(c4ncn(C)c4C(=O)Nc4ccc(F)c(Cl)c4)CC3C2)C1. The molecule has 2 unspecified atom stereocenters. The first-order chi connectivity index (χ1) is 17.4. The second-order valence-corrected chi connectivity index (χ2v) is 11.2. The molecule has 2 aromatic rings. The van der Waals surface area contributed by atoms with Crippen molar-refractivity contribution in [3.8, 4) is 0 Å². The molecule has 200 valence electrons. The number of aryl methyl sites for hydroxylation is 1. The zero-order chi connectivity index (χ0) is 26.7. The number of hydrogen-bond acceptors (Lipinski definition) is 5. The molecule has 37 heavy (non-hydrogen) atoms. The van der Waals surface area contributed by atoms with E-state index in [9.17, 15) is 19.1 Å². The Kier molecular flexibility index (Phi) is 6.52. The number of halogens is 4. The minimum Gasteiger partial charge on any atom is -0.383 e. The Balaban J connectivity index is 1.26. The summed E-state index contributed by atoms with van der Waals surface area (Å²) < 4.78 is 45.3. The summed E-state index contributed by atoms with van der Waals surface area (Å²) in [6.07, 6.45) is 2.07. The predicted molar refractivity (Wildman–Crippen MR) is 130 cm³/mol. The Hall–Kier alpha value is -2.63. The number of imidazole rings is 1. The van der Waals surface area contributed by atoms with Crippen LogP contribution < -0.4 is 10.6 Å². The number of carbonyl (C=O) groups is 2. The van der Waals surface area contributed by atoms with Crippen LogP contribution in [0.4, 0.5) is 18.9 Å². The highest BCUT2D eigenvalue weighted by molar-refractivity contribution is 6.31. The van der Waals surface area contributed by atoms with E-state index in [2.05, 4.69) is 15.6 Å². The van der Waals surface area contributed by atoms with Crippen LogP contribution in [0.2, 0.25) is 5.02 Å². The van der Waals surface area contributed by atoms with Gasteiger partial charge in [-0.2, -0.15) is 8.78 Å². The van der Waals surface area contributed by atoms with E-state index >= 15 is 8.78 Å². The summed E-state index contributed by atoms with van der Waals surface area (Å²) in [6.45, 7) is 1.00. The molecule has 1 aliphatic heterocycles. The van der Waals surface area contributed by atoms with Crippen molar-refractivity contribution in [1.82, 2.24) is 19.8 Å². The molecule has 2 amide bonds. The number of nitrogens with one attached hydrogen (secondary N) is 2. The average Bonchev–Trinajstić information content (AvgIpc) is 3.46. The Morgan fingerprint density at radius 3 is 2.43 bits per heavy atom. The maximum Gasteiger partial charge on any atom is 0.352 e. The van der Waals surface area contributed by atoms with E-state index in [1.165, 1.54) is 18.5 Å². The van der Waals surface area contributed by atoms with Crippen LogP contribution in [0.15, 0.2) is 24.5 Å². The number of nitrogens with zero attached hydrogens (tertiary/aromatic N) is 3. The Morgan fingerprint density at radius 1 is 1.19 bits per heavy atom. The monoisotopic (exact) mass is 539 g/mol. The summed E-state index contributed by atoms with van der Waals surface area (Å²) in [5.41, 5.74) is -1.22. The third-order valence-corrected chi connectivity index (χ3v) is 8.34. The number of benzene rings is 1. The lowest BCUT2D eigenvalue weighted by Gasteiger charge is -2.39. The van der Waals surface area contributed by atoms with Gasteiger partial charge in [-0.3, -0.25) is 9.59 Å². The number of anilines is 1. The minimum absolute atomic E-state index is 0.121. The molecular formula is C25H29ClF3N5O3. The average molecular weight is 540 g/mol. The van der Waals surface area contributed by atoms with Crippen LogP contribution in [0.1, 0.15) is 47.8 Å². The zero-order valence-corrected chi connectivity index (χ0v) is 21.2. The van der Waals surface area contributed by atoms with E-state index in [4.69, 9.17) is 11.6 Å². The smallest absolute Gasteiger partial charge is 0.352 e. The van der Waals surface area contributed by atoms with Crippen molar-refractivity contribution < 1.29 is 27.9 Å². The van der Waals surface area contributed by atoms with Crippen LogP contribution in [0.5, 0.6) is 0 Å². The van der Waals surface area contributed by atoms with Crippen molar-refractivity contribution in [3.63, 3.8) is 0 Å². The summed E-state index contributed by atoms with van der Waals surface area (Å²) in [6, 6.07) is 3.53. The summed E-state index contributed by atoms with van der Waals surface area (Å²) >= 11 is 5.81. The molecule has 1 aromatic heterocycles. The normalized spacial score (nSPS) is 28.1. The Labute approximate surface area is 217 Å². The lowest BCUT2D eigenvalue weighted by molar-refractivity contribution is -0.194. The van der Waals surface area contributed by atoms with Crippen LogP contribution in [0.25, 0.3) is 0 Å². The quantitative estimate of drug-likeness (QED) is 0.524. The first-order valence-corrected chi connectivity index (χ1v) is 12.6. The molecule has 12 heteroatoms. The maximum absolute atomic E-state index is 15.1. The number of alkyl halides is 2. The van der Waals surface area contributed by atoms with Crippen LogP contribution in [-0.4, -0.2) is 69.1 Å². The molecule has 3 N–H and O–H groups in total. The van der Waals surface area contributed by atoms with Crippen molar-refractivity contribution in [3.05, 3.63) is 46.8 Å². The third-order valence-electron chi connectivity index (χ3n) is 8.05. The van der Waals surface area contributed by atoms with E-state index in [0.29, 0.717) is 43.0 Å². The van der Waals surface area contributed by atoms with Gasteiger partial charge in [-0.25, -0.2) is 9.37 Å². The zero-order valence-electron chi connectivity index (χ0n) is 20.5. The summed E-state index contributed by atoms with van der Waals surface area (Å²) in [5.74, 6) is -6.98. The molecule has 0 radical (unpaired) electrons. The number of carbonyl (C=O) groups excluding carboxylic acids is 2. The van der Waals surface area contributed by atoms with Gasteiger partial charge in [-0.1, -0.05) is 11.6 Å². The van der Waals surface area contributed by atoms with Gasteiger partial charge in [0.25, 0.3) is 11.8 Å². The van der Waals surface area contributed by atoms with Crippen LogP contribution >= 0.6 is 11.6 Å². The first-order valence-electron chi connectivity index (χ1n) is 12.3. The van der Waals surface area contributed by atoms with Gasteiger partial charge in [0, 0.05) is 31.7 Å². The molecule has 0 bridgehead atoms. The van der Waals surface area contributed by atoms with Crippen molar-refractivity contribution in [2.24, 2.45) is 18.9 Å². The maximum atomic E-state index is 15.1. The van der Waals surface area contributed by atoms with Crippen LogP contribution in [0.3, 0.4) is 0 Å². The number of hydrogen-bond donors (Lipinski definition) is 3. The molecule has 2 heterocycles. The number of aromatic nitrogens is 2. The van der Waals surface area contributed by atoms with Crippen LogP contribution in [-0.2, 0) is 11.8 Å². The number of likely N-dealkylation sites (N-methyl/N-ethyl adjacent to an activating group) is 1. The number of aliphatic hydroxyl groups is 1. The molecular weight excluding hydrogens is 511 g/mol. The van der Waals surface area contributed by atoms with Crippen molar-refractivity contribution in [2.75, 3.05) is 25.5 Å². The van der Waals surface area contributed by atoms with Crippen molar-refractivity contribution >= 4 is 29.1 Å². The highest BCUT2D eigenvalue weighted by Crippen LogP contribution is 2.57. The van der Waals surface area contributed by atoms with E-state index in [-0.39, 0.29) is 41.7 Å². The van der Waals surface area contributed by atoms with Gasteiger partial charge in [-0.05, 0) is 62.8 Å². The molecule has 1 aromatic carbocycles. The van der Waals surface area contributed by atoms with Gasteiger partial charge in [0.2, 0.25) is 0 Å². The molecule has 1 saturated heterocycles. The fourth-order valence-corrected chi connectivity index (χ4v) is 6.39. The Bertz CT molecular complexity index is 1220. The highest BCUT2D eigenvalue weighted by atomic mass is 35.5. The molecule has 3 aliphatic rings. The second-order valence-electron chi connectivity index (χ2n) is 10.8. The molecule has 0 spiro atoms. The lowest BCUT2D eigenvalue weighted by atomic mass is 9.87. The van der Waals surface area contributed by atoms with Gasteiger partial charge in [0.15, 0.2) is 0 Å². The standard InChI is InChI=1S/C25H29ClF3N5O3/c1-33-10-17(11-33)32-23(36)25(28,29)24(37)8-14-5-13(6-15(14)9-24)20-21(34(2)12-30-20)22(35)31-16-3-4-19(27)18(26)7-16/h3-4,7,12-15,17,37H,5-6,8-11H2,1-2H3,(H,31,35)(H,32,36). The second kappa shape index (κ2) is 9.28. The largest absolute Gasteiger partial charge is 0.383 e. The fraction of sp³-hybridized carbons (Fsp3) is 0.560. The van der Waals surface area contributed by atoms with Gasteiger partial charge >= 0.3 is 5.92 Å². The summed E-state index contributed by atoms with van der Waals surface area (Å²) in [7, 11) is 3.51. The van der Waals surface area contributed by atoms with Gasteiger partial charge < -0.3 is 25.2 Å². The van der Waals surface area contributed by atoms with E-state index in [0.717, 1.165) is 6.07 Å². The molecule has 3 fully saturated rings. The fourth-order valence-electron chi connectivity index (χ4n) is 6.21. The summed E-state index contributed by atoms with van der Waals surface area (Å²) in [5, 5.41) is 15.9.